The number of aromatic nitrogens is 2. The molecule has 4 rings (SSSR count). The summed E-state index contributed by atoms with van der Waals surface area (Å²) in [6, 6.07) is 5.35. The second-order valence-electron chi connectivity index (χ2n) is 6.18. The van der Waals surface area contributed by atoms with Crippen LogP contribution in [0.5, 0.6) is 11.5 Å². The third-order valence-electron chi connectivity index (χ3n) is 4.40. The van der Waals surface area contributed by atoms with E-state index in [4.69, 9.17) is 9.47 Å². The molecule has 1 aromatic heterocycles. The highest BCUT2D eigenvalue weighted by atomic mass is 16.6. The van der Waals surface area contributed by atoms with Crippen molar-refractivity contribution in [2.75, 3.05) is 36.5 Å². The molecule has 0 spiro atoms. The van der Waals surface area contributed by atoms with Crippen LogP contribution >= 0.6 is 0 Å². The second-order valence-corrected chi connectivity index (χ2v) is 6.18. The highest BCUT2D eigenvalue weighted by molar-refractivity contribution is 6.05. The minimum Gasteiger partial charge on any atom is -0.486 e. The molecule has 2 aromatic rings. The maximum atomic E-state index is 12.6. The van der Waals surface area contributed by atoms with Crippen molar-refractivity contribution < 1.29 is 14.3 Å². The Morgan fingerprint density at radius 1 is 1.16 bits per heavy atom. The third kappa shape index (κ3) is 3.22. The number of aryl methyl sites for hydroxylation is 1. The monoisotopic (exact) mass is 340 g/mol. The zero-order valence-corrected chi connectivity index (χ0v) is 14.1. The lowest BCUT2D eigenvalue weighted by molar-refractivity contribution is 0.102. The van der Waals surface area contributed by atoms with Crippen LogP contribution in [0.15, 0.2) is 24.4 Å². The summed E-state index contributed by atoms with van der Waals surface area (Å²) in [6.07, 6.45) is 3.92. The number of nitrogens with one attached hydrogen (secondary N) is 1. The van der Waals surface area contributed by atoms with Crippen molar-refractivity contribution in [2.24, 2.45) is 0 Å². The van der Waals surface area contributed by atoms with Gasteiger partial charge in [-0.1, -0.05) is 0 Å². The molecule has 0 aliphatic carbocycles. The average Bonchev–Trinajstić information content (AvgIpc) is 3.16. The molecule has 7 nitrogen and oxygen atoms in total. The predicted octanol–water partition coefficient (Wildman–Crippen LogP) is 2.41. The zero-order valence-electron chi connectivity index (χ0n) is 14.1. The van der Waals surface area contributed by atoms with Crippen LogP contribution in [0.3, 0.4) is 0 Å². The van der Waals surface area contributed by atoms with Gasteiger partial charge in [-0.3, -0.25) is 4.79 Å². The Labute approximate surface area is 146 Å². The fourth-order valence-corrected chi connectivity index (χ4v) is 3.07. The highest BCUT2D eigenvalue weighted by Crippen LogP contribution is 2.32. The van der Waals surface area contributed by atoms with Crippen LogP contribution in [-0.4, -0.2) is 42.2 Å². The van der Waals surface area contributed by atoms with Crippen molar-refractivity contribution in [1.29, 1.82) is 0 Å². The van der Waals surface area contributed by atoms with Crippen LogP contribution in [0, 0.1) is 6.92 Å². The van der Waals surface area contributed by atoms with Gasteiger partial charge >= 0.3 is 0 Å². The van der Waals surface area contributed by atoms with Crippen LogP contribution in [0.25, 0.3) is 0 Å². The number of rotatable bonds is 3. The fourth-order valence-electron chi connectivity index (χ4n) is 3.07. The molecule has 130 valence electrons. The first-order chi connectivity index (χ1) is 12.2. The average molecular weight is 340 g/mol. The normalized spacial score (nSPS) is 16.0. The van der Waals surface area contributed by atoms with Crippen LogP contribution in [0.4, 0.5) is 11.6 Å². The maximum absolute atomic E-state index is 12.6. The lowest BCUT2D eigenvalue weighted by Crippen LogP contribution is -2.22. The number of hydrogen-bond acceptors (Lipinski definition) is 6. The Morgan fingerprint density at radius 3 is 2.68 bits per heavy atom. The summed E-state index contributed by atoms with van der Waals surface area (Å²) < 4.78 is 11.0. The van der Waals surface area contributed by atoms with E-state index in [1.54, 1.807) is 24.4 Å². The number of benzene rings is 1. The summed E-state index contributed by atoms with van der Waals surface area (Å²) in [7, 11) is 0. The van der Waals surface area contributed by atoms with Gasteiger partial charge in [0.05, 0.1) is 11.3 Å². The van der Waals surface area contributed by atoms with E-state index in [1.165, 1.54) is 0 Å². The van der Waals surface area contributed by atoms with Gasteiger partial charge in [0.15, 0.2) is 11.5 Å². The quantitative estimate of drug-likeness (QED) is 0.925. The Balaban J connectivity index is 1.51. The van der Waals surface area contributed by atoms with E-state index in [0.717, 1.165) is 25.9 Å². The number of nitrogens with zero attached hydrogens (tertiary/aromatic N) is 3. The highest BCUT2D eigenvalue weighted by Gasteiger charge is 2.19. The maximum Gasteiger partial charge on any atom is 0.259 e. The van der Waals surface area contributed by atoms with Crippen molar-refractivity contribution in [1.82, 2.24) is 9.97 Å². The molecule has 1 N–H and O–H groups in total. The molecule has 1 aromatic carbocycles. The van der Waals surface area contributed by atoms with Gasteiger partial charge in [-0.15, -0.1) is 0 Å². The number of fused-ring (bicyclic) bond motifs is 1. The van der Waals surface area contributed by atoms with Gasteiger partial charge in [0.25, 0.3) is 5.91 Å². The SMILES string of the molecule is Cc1nc(N2CCCC2)ncc1C(=O)Nc1ccc2c(c1)OCCO2. The molecule has 0 bridgehead atoms. The van der Waals surface area contributed by atoms with E-state index in [1.807, 2.05) is 6.92 Å². The van der Waals surface area contributed by atoms with Gasteiger partial charge in [0, 0.05) is 31.0 Å². The van der Waals surface area contributed by atoms with Crippen LogP contribution in [-0.2, 0) is 0 Å². The molecule has 3 heterocycles. The molecule has 2 aliphatic heterocycles. The molecule has 7 heteroatoms. The Hall–Kier alpha value is -2.83. The summed E-state index contributed by atoms with van der Waals surface area (Å²) in [5.74, 6) is 1.80. The van der Waals surface area contributed by atoms with Crippen LogP contribution < -0.4 is 19.7 Å². The largest absolute Gasteiger partial charge is 0.486 e. The van der Waals surface area contributed by atoms with Crippen molar-refractivity contribution in [3.8, 4) is 11.5 Å². The summed E-state index contributed by atoms with van der Waals surface area (Å²) in [4.78, 5) is 23.6. The summed E-state index contributed by atoms with van der Waals surface area (Å²) in [5, 5.41) is 2.87. The lowest BCUT2D eigenvalue weighted by atomic mass is 10.2. The van der Waals surface area contributed by atoms with E-state index >= 15 is 0 Å². The van der Waals surface area contributed by atoms with E-state index in [-0.39, 0.29) is 5.91 Å². The number of amides is 1. The topological polar surface area (TPSA) is 76.6 Å². The van der Waals surface area contributed by atoms with E-state index < -0.39 is 0 Å². The van der Waals surface area contributed by atoms with Crippen molar-refractivity contribution in [3.63, 3.8) is 0 Å². The van der Waals surface area contributed by atoms with Crippen LogP contribution in [0.1, 0.15) is 28.9 Å². The summed E-state index contributed by atoms with van der Waals surface area (Å²) in [6.45, 7) is 4.83. The predicted molar refractivity (Wildman–Crippen MR) is 93.6 cm³/mol. The Bertz CT molecular complexity index is 803. The smallest absolute Gasteiger partial charge is 0.259 e. The number of hydrogen-bond donors (Lipinski definition) is 1. The third-order valence-corrected chi connectivity index (χ3v) is 4.40. The molecule has 1 saturated heterocycles. The van der Waals surface area contributed by atoms with Crippen LogP contribution in [0.2, 0.25) is 0 Å². The minimum absolute atomic E-state index is 0.234. The van der Waals surface area contributed by atoms with Gasteiger partial charge in [0.2, 0.25) is 5.95 Å². The van der Waals surface area contributed by atoms with Gasteiger partial charge < -0.3 is 19.7 Å². The van der Waals surface area contributed by atoms with Crippen molar-refractivity contribution in [2.45, 2.75) is 19.8 Å². The lowest BCUT2D eigenvalue weighted by Gasteiger charge is -2.19. The first-order valence-electron chi connectivity index (χ1n) is 8.50. The number of carbonyl (C=O) groups excluding carboxylic acids is 1. The standard InChI is InChI=1S/C18H20N4O3/c1-12-14(11-19-18(20-12)22-6-2-3-7-22)17(23)21-13-4-5-15-16(10-13)25-9-8-24-15/h4-5,10-11H,2-3,6-9H2,1H3,(H,21,23). The van der Waals surface area contributed by atoms with Gasteiger partial charge in [0.1, 0.15) is 13.2 Å². The van der Waals surface area contributed by atoms with E-state index in [2.05, 4.69) is 20.2 Å². The molecule has 0 atom stereocenters. The minimum atomic E-state index is -0.234. The number of ether oxygens (including phenoxy) is 2. The molecular weight excluding hydrogens is 320 g/mol. The molecule has 1 fully saturated rings. The van der Waals surface area contributed by atoms with E-state index in [0.29, 0.717) is 47.6 Å². The summed E-state index contributed by atoms with van der Waals surface area (Å²) in [5.41, 5.74) is 1.79. The van der Waals surface area contributed by atoms with Crippen molar-refractivity contribution in [3.05, 3.63) is 35.7 Å². The molecular formula is C18H20N4O3. The molecule has 25 heavy (non-hydrogen) atoms. The van der Waals surface area contributed by atoms with Gasteiger partial charge in [-0.25, -0.2) is 9.97 Å². The zero-order chi connectivity index (χ0) is 17.2. The molecule has 2 aliphatic rings. The number of carbonyl (C=O) groups is 1. The Morgan fingerprint density at radius 2 is 1.92 bits per heavy atom. The fraction of sp³-hybridized carbons (Fsp3) is 0.389. The molecule has 1 amide bonds. The second kappa shape index (κ2) is 6.58. The van der Waals surface area contributed by atoms with Gasteiger partial charge in [-0.05, 0) is 31.9 Å². The molecule has 0 saturated carbocycles. The number of anilines is 2. The summed E-state index contributed by atoms with van der Waals surface area (Å²) >= 11 is 0. The Kier molecular flexibility index (Phi) is 4.13. The molecule has 0 radical (unpaired) electrons. The van der Waals surface area contributed by atoms with Gasteiger partial charge in [-0.2, -0.15) is 0 Å². The van der Waals surface area contributed by atoms with Crippen molar-refractivity contribution >= 4 is 17.5 Å². The molecule has 0 unspecified atom stereocenters. The van der Waals surface area contributed by atoms with E-state index in [9.17, 15) is 4.79 Å². The first kappa shape index (κ1) is 15.7. The first-order valence-corrected chi connectivity index (χ1v) is 8.50.